The summed E-state index contributed by atoms with van der Waals surface area (Å²) in [5.41, 5.74) is -0.221. The van der Waals surface area contributed by atoms with Crippen LogP contribution in [0.5, 0.6) is 5.75 Å². The standard InChI is InChI=1S/C21H24O5/c1-2-21(23,18-6-4-3-5-7-18)19-8-10-20(11-9-19)26-17-16-25-15-14-24-13-12-22/h1,3-11,22-23H,12-17H2. The fourth-order valence-electron chi connectivity index (χ4n) is 2.41. The van der Waals surface area contributed by atoms with Gasteiger partial charge in [-0.1, -0.05) is 48.4 Å². The van der Waals surface area contributed by atoms with E-state index in [0.717, 1.165) is 0 Å². The van der Waals surface area contributed by atoms with Crippen LogP contribution in [0.2, 0.25) is 0 Å². The van der Waals surface area contributed by atoms with Gasteiger partial charge in [0.2, 0.25) is 0 Å². The van der Waals surface area contributed by atoms with Crippen molar-refractivity contribution in [1.82, 2.24) is 0 Å². The molecule has 2 aromatic rings. The summed E-state index contributed by atoms with van der Waals surface area (Å²) in [5.74, 6) is 3.15. The Morgan fingerprint density at radius 1 is 0.808 bits per heavy atom. The van der Waals surface area contributed by atoms with Crippen molar-refractivity contribution in [3.05, 3.63) is 65.7 Å². The van der Waals surface area contributed by atoms with Crippen molar-refractivity contribution in [2.75, 3.05) is 39.6 Å². The minimum atomic E-state index is -1.47. The maximum Gasteiger partial charge on any atom is 0.176 e. The summed E-state index contributed by atoms with van der Waals surface area (Å²) in [4.78, 5) is 0. The number of aliphatic hydroxyl groups excluding tert-OH is 1. The maximum absolute atomic E-state index is 10.9. The third-order valence-corrected chi connectivity index (χ3v) is 3.78. The van der Waals surface area contributed by atoms with Gasteiger partial charge in [-0.05, 0) is 12.1 Å². The number of ether oxygens (including phenoxy) is 3. The highest BCUT2D eigenvalue weighted by atomic mass is 16.5. The van der Waals surface area contributed by atoms with Crippen LogP contribution in [0.25, 0.3) is 0 Å². The topological polar surface area (TPSA) is 68.2 Å². The van der Waals surface area contributed by atoms with Gasteiger partial charge in [0.1, 0.15) is 12.4 Å². The SMILES string of the molecule is C#CC(O)(c1ccccc1)c1ccc(OCCOCCOCCO)cc1. The zero-order valence-electron chi connectivity index (χ0n) is 14.6. The van der Waals surface area contributed by atoms with Crippen LogP contribution < -0.4 is 4.74 Å². The molecular weight excluding hydrogens is 332 g/mol. The highest BCUT2D eigenvalue weighted by Crippen LogP contribution is 2.30. The van der Waals surface area contributed by atoms with Gasteiger partial charge in [-0.3, -0.25) is 0 Å². The minimum Gasteiger partial charge on any atom is -0.491 e. The number of benzene rings is 2. The lowest BCUT2D eigenvalue weighted by Gasteiger charge is -2.23. The normalized spacial score (nSPS) is 13.0. The fourth-order valence-corrected chi connectivity index (χ4v) is 2.41. The zero-order chi connectivity index (χ0) is 18.7. The second-order valence-corrected chi connectivity index (χ2v) is 5.54. The Kier molecular flexibility index (Phi) is 8.13. The van der Waals surface area contributed by atoms with Crippen LogP contribution in [0.1, 0.15) is 11.1 Å². The van der Waals surface area contributed by atoms with Crippen molar-refractivity contribution in [3.8, 4) is 18.1 Å². The van der Waals surface area contributed by atoms with E-state index in [1.165, 1.54) is 0 Å². The van der Waals surface area contributed by atoms with E-state index in [-0.39, 0.29) is 6.61 Å². The predicted octanol–water partition coefficient (Wildman–Crippen LogP) is 1.96. The van der Waals surface area contributed by atoms with Crippen LogP contribution in [0.4, 0.5) is 0 Å². The summed E-state index contributed by atoms with van der Waals surface area (Å²) in [6.07, 6.45) is 5.59. The van der Waals surface area contributed by atoms with Gasteiger partial charge in [-0.15, -0.1) is 6.42 Å². The van der Waals surface area contributed by atoms with Crippen molar-refractivity contribution in [3.63, 3.8) is 0 Å². The summed E-state index contributed by atoms with van der Waals surface area (Å²) in [6.45, 7) is 2.06. The monoisotopic (exact) mass is 356 g/mol. The van der Waals surface area contributed by atoms with Crippen molar-refractivity contribution < 1.29 is 24.4 Å². The minimum absolute atomic E-state index is 0.0121. The largest absolute Gasteiger partial charge is 0.491 e. The first-order valence-corrected chi connectivity index (χ1v) is 8.46. The molecule has 138 valence electrons. The highest BCUT2D eigenvalue weighted by Gasteiger charge is 2.28. The summed E-state index contributed by atoms with van der Waals surface area (Å²) in [7, 11) is 0. The first-order valence-electron chi connectivity index (χ1n) is 8.46. The Labute approximate surface area is 154 Å². The van der Waals surface area contributed by atoms with E-state index in [9.17, 15) is 5.11 Å². The van der Waals surface area contributed by atoms with Gasteiger partial charge in [-0.2, -0.15) is 0 Å². The smallest absolute Gasteiger partial charge is 0.176 e. The van der Waals surface area contributed by atoms with Crippen LogP contribution >= 0.6 is 0 Å². The molecule has 0 aliphatic carbocycles. The predicted molar refractivity (Wildman–Crippen MR) is 98.9 cm³/mol. The van der Waals surface area contributed by atoms with Crippen LogP contribution in [-0.4, -0.2) is 49.9 Å². The number of terminal acetylenes is 1. The van der Waals surface area contributed by atoms with Gasteiger partial charge in [-0.25, -0.2) is 0 Å². The molecule has 0 fully saturated rings. The fraction of sp³-hybridized carbons (Fsp3) is 0.333. The van der Waals surface area contributed by atoms with E-state index in [0.29, 0.717) is 49.9 Å². The van der Waals surface area contributed by atoms with E-state index < -0.39 is 5.60 Å². The molecule has 0 saturated carbocycles. The Hall–Kier alpha value is -2.36. The first-order chi connectivity index (χ1) is 12.7. The maximum atomic E-state index is 10.9. The van der Waals surface area contributed by atoms with Crippen LogP contribution in [0, 0.1) is 12.3 Å². The molecule has 0 amide bonds. The Bertz CT molecular complexity index is 678. The van der Waals surface area contributed by atoms with Crippen LogP contribution in [0.15, 0.2) is 54.6 Å². The highest BCUT2D eigenvalue weighted by molar-refractivity contribution is 5.44. The molecule has 5 nitrogen and oxygen atoms in total. The lowest BCUT2D eigenvalue weighted by Crippen LogP contribution is -2.24. The molecule has 0 aliphatic heterocycles. The van der Waals surface area contributed by atoms with Gasteiger partial charge in [0, 0.05) is 11.1 Å². The Morgan fingerprint density at radius 2 is 1.38 bits per heavy atom. The molecule has 0 aromatic heterocycles. The van der Waals surface area contributed by atoms with Crippen molar-refractivity contribution in [2.45, 2.75) is 5.60 Å². The second kappa shape index (κ2) is 10.6. The molecule has 2 rings (SSSR count). The molecule has 26 heavy (non-hydrogen) atoms. The van der Waals surface area contributed by atoms with Crippen molar-refractivity contribution in [1.29, 1.82) is 0 Å². The summed E-state index contributed by atoms with van der Waals surface area (Å²) in [5, 5.41) is 19.4. The molecule has 0 heterocycles. The summed E-state index contributed by atoms with van der Waals surface area (Å²) < 4.78 is 16.0. The number of hydrogen-bond donors (Lipinski definition) is 2. The van der Waals surface area contributed by atoms with Gasteiger partial charge in [0.25, 0.3) is 0 Å². The van der Waals surface area contributed by atoms with Crippen LogP contribution in [-0.2, 0) is 15.1 Å². The van der Waals surface area contributed by atoms with Gasteiger partial charge >= 0.3 is 0 Å². The molecule has 2 aromatic carbocycles. The van der Waals surface area contributed by atoms with E-state index in [4.69, 9.17) is 25.7 Å². The van der Waals surface area contributed by atoms with E-state index in [1.54, 1.807) is 36.4 Å². The third-order valence-electron chi connectivity index (χ3n) is 3.78. The number of aliphatic hydroxyl groups is 2. The van der Waals surface area contributed by atoms with E-state index in [2.05, 4.69) is 5.92 Å². The molecule has 0 radical (unpaired) electrons. The second-order valence-electron chi connectivity index (χ2n) is 5.54. The van der Waals surface area contributed by atoms with E-state index >= 15 is 0 Å². The quantitative estimate of drug-likeness (QED) is 0.476. The molecular formula is C21H24O5. The molecule has 5 heteroatoms. The average Bonchev–Trinajstić information content (AvgIpc) is 2.70. The van der Waals surface area contributed by atoms with Crippen molar-refractivity contribution in [2.24, 2.45) is 0 Å². The number of rotatable bonds is 11. The van der Waals surface area contributed by atoms with Gasteiger partial charge < -0.3 is 24.4 Å². The summed E-state index contributed by atoms with van der Waals surface area (Å²) >= 11 is 0. The zero-order valence-corrected chi connectivity index (χ0v) is 14.6. The van der Waals surface area contributed by atoms with Gasteiger partial charge in [0.05, 0.1) is 33.0 Å². The summed E-state index contributed by atoms with van der Waals surface area (Å²) in [6, 6.07) is 16.2. The molecule has 0 bridgehead atoms. The number of hydrogen-bond acceptors (Lipinski definition) is 5. The first kappa shape index (κ1) is 20.0. The Balaban J connectivity index is 1.83. The average molecular weight is 356 g/mol. The molecule has 0 aliphatic rings. The third kappa shape index (κ3) is 5.58. The molecule has 1 unspecified atom stereocenters. The van der Waals surface area contributed by atoms with Gasteiger partial charge in [0.15, 0.2) is 5.60 Å². The lowest BCUT2D eigenvalue weighted by atomic mass is 9.87. The molecule has 0 saturated heterocycles. The molecule has 0 spiro atoms. The Morgan fingerprint density at radius 3 is 2.00 bits per heavy atom. The molecule has 1 atom stereocenters. The molecule has 2 N–H and O–H groups in total. The van der Waals surface area contributed by atoms with Crippen molar-refractivity contribution >= 4 is 0 Å². The van der Waals surface area contributed by atoms with E-state index in [1.807, 2.05) is 18.2 Å². The lowest BCUT2D eigenvalue weighted by molar-refractivity contribution is 0.0247. The van der Waals surface area contributed by atoms with Crippen LogP contribution in [0.3, 0.4) is 0 Å².